The Balaban J connectivity index is 2.26. The molecule has 1 aromatic rings. The van der Waals surface area contributed by atoms with Gasteiger partial charge in [-0.2, -0.15) is 11.8 Å². The van der Waals surface area contributed by atoms with Gasteiger partial charge in [-0.3, -0.25) is 0 Å². The summed E-state index contributed by atoms with van der Waals surface area (Å²) in [6.07, 6.45) is 4.32. The Morgan fingerprint density at radius 3 is 3.00 bits per heavy atom. The fourth-order valence-electron chi connectivity index (χ4n) is 2.33. The van der Waals surface area contributed by atoms with Crippen LogP contribution in [-0.4, -0.2) is 17.0 Å². The molecule has 2 nitrogen and oxygen atoms in total. The predicted octanol–water partition coefficient (Wildman–Crippen LogP) is 3.98. The fraction of sp³-hybridized carbons (Fsp3) is 0.667. The zero-order valence-corrected chi connectivity index (χ0v) is 12.2. The highest BCUT2D eigenvalue weighted by Gasteiger charge is 2.40. The van der Waals surface area contributed by atoms with E-state index < -0.39 is 0 Å². The SMILES string of the molecule is CCNC(c1occc1Br)C1(C)CCCS1. The summed E-state index contributed by atoms with van der Waals surface area (Å²) < 4.78 is 6.97. The first-order valence-electron chi connectivity index (χ1n) is 5.77. The molecular formula is C12H18BrNOS. The maximum atomic E-state index is 5.63. The number of hydrogen-bond acceptors (Lipinski definition) is 3. The average molecular weight is 304 g/mol. The second-order valence-electron chi connectivity index (χ2n) is 4.39. The van der Waals surface area contributed by atoms with E-state index in [0.717, 1.165) is 16.8 Å². The molecule has 0 aromatic carbocycles. The van der Waals surface area contributed by atoms with Crippen molar-refractivity contribution in [1.29, 1.82) is 0 Å². The lowest BCUT2D eigenvalue weighted by molar-refractivity contribution is 0.349. The Labute approximate surface area is 110 Å². The van der Waals surface area contributed by atoms with Gasteiger partial charge in [0.05, 0.1) is 16.8 Å². The molecule has 4 heteroatoms. The van der Waals surface area contributed by atoms with E-state index >= 15 is 0 Å². The zero-order valence-electron chi connectivity index (χ0n) is 9.75. The van der Waals surface area contributed by atoms with Crippen molar-refractivity contribution in [1.82, 2.24) is 5.32 Å². The second-order valence-corrected chi connectivity index (χ2v) is 6.87. The molecule has 0 bridgehead atoms. The molecule has 0 saturated carbocycles. The summed E-state index contributed by atoms with van der Waals surface area (Å²) in [6.45, 7) is 5.45. The van der Waals surface area contributed by atoms with Gasteiger partial charge in [-0.1, -0.05) is 6.92 Å². The summed E-state index contributed by atoms with van der Waals surface area (Å²) in [5, 5.41) is 3.56. The number of halogens is 1. The molecule has 1 N–H and O–H groups in total. The van der Waals surface area contributed by atoms with Crippen LogP contribution < -0.4 is 5.32 Å². The van der Waals surface area contributed by atoms with Crippen molar-refractivity contribution in [3.63, 3.8) is 0 Å². The number of nitrogens with one attached hydrogen (secondary N) is 1. The van der Waals surface area contributed by atoms with E-state index in [9.17, 15) is 0 Å². The second kappa shape index (κ2) is 5.15. The third kappa shape index (κ3) is 2.34. The first-order chi connectivity index (χ1) is 7.67. The van der Waals surface area contributed by atoms with Crippen LogP contribution in [0.3, 0.4) is 0 Å². The maximum absolute atomic E-state index is 5.63. The van der Waals surface area contributed by atoms with Crippen LogP contribution in [0, 0.1) is 0 Å². The van der Waals surface area contributed by atoms with Crippen LogP contribution in [0.5, 0.6) is 0 Å². The van der Waals surface area contributed by atoms with Crippen LogP contribution in [-0.2, 0) is 0 Å². The van der Waals surface area contributed by atoms with Gasteiger partial charge in [0, 0.05) is 4.75 Å². The third-order valence-electron chi connectivity index (χ3n) is 3.18. The monoisotopic (exact) mass is 303 g/mol. The number of rotatable bonds is 4. The summed E-state index contributed by atoms with van der Waals surface area (Å²) >= 11 is 5.62. The van der Waals surface area contributed by atoms with Crippen molar-refractivity contribution in [3.8, 4) is 0 Å². The first-order valence-corrected chi connectivity index (χ1v) is 7.55. The van der Waals surface area contributed by atoms with Gasteiger partial charge >= 0.3 is 0 Å². The average Bonchev–Trinajstić information content (AvgIpc) is 2.85. The molecule has 2 unspecified atom stereocenters. The molecule has 0 radical (unpaired) electrons. The van der Waals surface area contributed by atoms with Crippen LogP contribution in [0.1, 0.15) is 38.5 Å². The largest absolute Gasteiger partial charge is 0.466 e. The summed E-state index contributed by atoms with van der Waals surface area (Å²) in [7, 11) is 0. The minimum absolute atomic E-state index is 0.260. The molecule has 2 heterocycles. The zero-order chi connectivity index (χ0) is 11.6. The van der Waals surface area contributed by atoms with Crippen molar-refractivity contribution in [2.45, 2.75) is 37.5 Å². The molecule has 1 aliphatic heterocycles. The van der Waals surface area contributed by atoms with E-state index in [4.69, 9.17) is 4.42 Å². The van der Waals surface area contributed by atoms with Crippen molar-refractivity contribution in [2.75, 3.05) is 12.3 Å². The molecule has 90 valence electrons. The number of thioether (sulfide) groups is 1. The lowest BCUT2D eigenvalue weighted by atomic mass is 9.94. The summed E-state index contributed by atoms with van der Waals surface area (Å²) in [5.74, 6) is 2.30. The Hall–Kier alpha value is 0.0700. The predicted molar refractivity (Wildman–Crippen MR) is 72.9 cm³/mol. The van der Waals surface area contributed by atoms with Crippen LogP contribution in [0.25, 0.3) is 0 Å². The Morgan fingerprint density at radius 1 is 1.69 bits per heavy atom. The summed E-state index contributed by atoms with van der Waals surface area (Å²) in [4.78, 5) is 0. The molecule has 1 saturated heterocycles. The van der Waals surface area contributed by atoms with E-state index in [-0.39, 0.29) is 4.75 Å². The van der Waals surface area contributed by atoms with E-state index in [1.807, 2.05) is 6.07 Å². The highest BCUT2D eigenvalue weighted by molar-refractivity contribution is 9.10. The molecule has 0 spiro atoms. The van der Waals surface area contributed by atoms with Crippen molar-refractivity contribution in [3.05, 3.63) is 22.6 Å². The van der Waals surface area contributed by atoms with Gasteiger partial charge in [-0.25, -0.2) is 0 Å². The lowest BCUT2D eigenvalue weighted by Crippen LogP contribution is -2.37. The molecule has 2 rings (SSSR count). The standard InChI is InChI=1S/C12H18BrNOS/c1-3-14-11(10-9(13)5-7-15-10)12(2)6-4-8-16-12/h5,7,11,14H,3-4,6,8H2,1-2H3. The van der Waals surface area contributed by atoms with Gasteiger partial charge in [0.1, 0.15) is 5.76 Å². The number of furan rings is 1. The smallest absolute Gasteiger partial charge is 0.136 e. The van der Waals surface area contributed by atoms with E-state index in [0.29, 0.717) is 6.04 Å². The highest BCUT2D eigenvalue weighted by atomic mass is 79.9. The van der Waals surface area contributed by atoms with Crippen molar-refractivity contribution >= 4 is 27.7 Å². The molecule has 1 aliphatic rings. The van der Waals surface area contributed by atoms with E-state index in [1.54, 1.807) is 6.26 Å². The topological polar surface area (TPSA) is 25.2 Å². The van der Waals surface area contributed by atoms with Gasteiger partial charge in [0.15, 0.2) is 0 Å². The molecule has 0 amide bonds. The fourth-order valence-corrected chi connectivity index (χ4v) is 4.16. The Kier molecular flexibility index (Phi) is 4.03. The van der Waals surface area contributed by atoms with Crippen LogP contribution >= 0.6 is 27.7 Å². The molecular weight excluding hydrogens is 286 g/mol. The van der Waals surface area contributed by atoms with Gasteiger partial charge in [0.2, 0.25) is 0 Å². The minimum atomic E-state index is 0.260. The van der Waals surface area contributed by atoms with E-state index in [2.05, 4.69) is 46.9 Å². The van der Waals surface area contributed by atoms with Gasteiger partial charge in [-0.15, -0.1) is 0 Å². The summed E-state index contributed by atoms with van der Waals surface area (Å²) in [5.41, 5.74) is 0. The quantitative estimate of drug-likeness (QED) is 0.911. The van der Waals surface area contributed by atoms with Crippen LogP contribution in [0.4, 0.5) is 0 Å². The van der Waals surface area contributed by atoms with Gasteiger partial charge < -0.3 is 9.73 Å². The Bertz CT molecular complexity index is 347. The van der Waals surface area contributed by atoms with E-state index in [1.165, 1.54) is 18.6 Å². The molecule has 1 aromatic heterocycles. The minimum Gasteiger partial charge on any atom is -0.466 e. The highest BCUT2D eigenvalue weighted by Crippen LogP contribution is 2.47. The maximum Gasteiger partial charge on any atom is 0.136 e. The number of hydrogen-bond donors (Lipinski definition) is 1. The molecule has 1 fully saturated rings. The van der Waals surface area contributed by atoms with Crippen molar-refractivity contribution in [2.24, 2.45) is 0 Å². The third-order valence-corrected chi connectivity index (χ3v) is 5.42. The molecule has 0 aliphatic carbocycles. The Morgan fingerprint density at radius 2 is 2.50 bits per heavy atom. The molecule has 2 atom stereocenters. The first kappa shape index (κ1) is 12.5. The van der Waals surface area contributed by atoms with Crippen molar-refractivity contribution < 1.29 is 4.42 Å². The van der Waals surface area contributed by atoms with Crippen LogP contribution in [0.15, 0.2) is 21.2 Å². The van der Waals surface area contributed by atoms with Crippen LogP contribution in [0.2, 0.25) is 0 Å². The lowest BCUT2D eigenvalue weighted by Gasteiger charge is -2.32. The van der Waals surface area contributed by atoms with Gasteiger partial charge in [0.25, 0.3) is 0 Å². The molecule has 16 heavy (non-hydrogen) atoms. The van der Waals surface area contributed by atoms with Gasteiger partial charge in [-0.05, 0) is 54.1 Å². The summed E-state index contributed by atoms with van der Waals surface area (Å²) in [6, 6.07) is 2.28. The normalized spacial score (nSPS) is 27.2.